The zero-order chi connectivity index (χ0) is 51.7. The molecule has 14 heteroatoms. The second-order valence-electron chi connectivity index (χ2n) is 16.3. The second-order valence-corrected chi connectivity index (χ2v) is 18.5. The van der Waals surface area contributed by atoms with E-state index in [1.807, 2.05) is 54.3 Å². The predicted molar refractivity (Wildman–Crippen MR) is 291 cm³/mol. The van der Waals surface area contributed by atoms with Crippen molar-refractivity contribution in [1.29, 1.82) is 0 Å². The Bertz CT molecular complexity index is 1440. The Hall–Kier alpha value is -3.82. The number of aliphatic carboxylic acids is 3. The smallest absolute Gasteiger partial charge is 0.407 e. The lowest BCUT2D eigenvalue weighted by Gasteiger charge is -2.04. The minimum atomic E-state index is -0.803. The molecule has 0 bridgehead atoms. The Morgan fingerprint density at radius 1 is 0.464 bits per heavy atom. The van der Waals surface area contributed by atoms with Gasteiger partial charge in [-0.1, -0.05) is 176 Å². The first-order valence-electron chi connectivity index (χ1n) is 25.4. The molecule has 0 aliphatic heterocycles. The lowest BCUT2D eigenvalue weighted by molar-refractivity contribution is -0.138. The van der Waals surface area contributed by atoms with Crippen LogP contribution in [-0.2, 0) is 19.1 Å². The number of thioether (sulfide) groups is 2. The van der Waals surface area contributed by atoms with Crippen LogP contribution in [0.4, 0.5) is 4.79 Å². The van der Waals surface area contributed by atoms with E-state index in [4.69, 9.17) is 20.1 Å². The zero-order valence-electron chi connectivity index (χ0n) is 42.5. The Kier molecular flexibility index (Phi) is 58.9. The predicted octanol–water partition coefficient (Wildman–Crippen LogP) is 13.0. The van der Waals surface area contributed by atoms with E-state index < -0.39 is 30.1 Å². The molecule has 0 heterocycles. The van der Waals surface area contributed by atoms with Gasteiger partial charge >= 0.3 is 24.0 Å². The molecule has 0 spiro atoms. The molecule has 7 N–H and O–H groups in total. The molecule has 0 saturated heterocycles. The van der Waals surface area contributed by atoms with Crippen LogP contribution in [0.5, 0.6) is 0 Å². The summed E-state index contributed by atoms with van der Waals surface area (Å²) in [6, 6.07) is 0. The summed E-state index contributed by atoms with van der Waals surface area (Å²) in [7, 11) is 0. The highest BCUT2D eigenvalue weighted by Gasteiger charge is 2.02. The number of carboxylic acid groups (broad SMARTS) is 3. The van der Waals surface area contributed by atoms with E-state index in [1.165, 1.54) is 25.7 Å². The van der Waals surface area contributed by atoms with Crippen molar-refractivity contribution in [3.8, 4) is 0 Å². The molecule has 12 nitrogen and oxygen atoms in total. The number of allylic oxidation sites excluding steroid dienone is 9. The number of hydrogen-bond acceptors (Lipinski definition) is 10. The number of ether oxygens (including phenoxy) is 1. The number of rotatable bonds is 43. The standard InChI is InChI=1S/C19H32O3S.C18H31NO5.C18H30O3S/c1-2-3-8-13-18(20)14-9-7-12-17-23-16-11-6-4-5-10-15-19(21)22;1-2-3-6-11-16(20)12-7-4-9-14-19-18(23)24-15-10-5-8-13-17(21)22;1-2-3-7-12-17(19)13-8-6-11-16-22-15-10-5-4-9-14-18(20)21/h4,6-7,9,12,14,18,20H,2-3,5,8,10-11,13,15-17H2,1H3,(H,21,22);4,7,9,12,16,20H,2-3,5-6,8,10-11,13-15H2,1H3,(H,19,23)(H,21,22);5-6,8,10-11,13,17,19H,2-4,7,9,12,14-16H2,1H3,(H,20,21)/b6-4-,12-7-,14-9+;9-4-,12-7+;10-5-,11-6-,13-8+. The summed E-state index contributed by atoms with van der Waals surface area (Å²) in [5.41, 5.74) is 0. The van der Waals surface area contributed by atoms with Crippen molar-refractivity contribution in [2.75, 3.05) is 36.2 Å². The molecule has 0 aliphatic rings. The summed E-state index contributed by atoms with van der Waals surface area (Å²) in [5.74, 6) is 1.69. The third-order valence-corrected chi connectivity index (χ3v) is 11.4. The summed E-state index contributed by atoms with van der Waals surface area (Å²) in [6.45, 7) is 7.10. The Morgan fingerprint density at radius 2 is 0.884 bits per heavy atom. The SMILES string of the molecule is CCCCCC(O)/C=C/C=C\CNC(=O)OCCCCCC(=O)O.CCCCCC(O)/C=C/C=C\CSC/C=C\CCCC(=O)O.CCCCCC(O)/C=C/C=C\CSCC/C=C\CCCC(=O)O. The van der Waals surface area contributed by atoms with Crippen molar-refractivity contribution >= 4 is 47.5 Å². The highest BCUT2D eigenvalue weighted by molar-refractivity contribution is 7.99. The molecule has 0 radical (unpaired) electrons. The molecular formula is C55H93NO11S2. The molecule has 0 aromatic carbocycles. The fourth-order valence-corrected chi connectivity index (χ4v) is 7.05. The Morgan fingerprint density at radius 3 is 1.36 bits per heavy atom. The van der Waals surface area contributed by atoms with Gasteiger partial charge in [-0.15, -0.1) is 0 Å². The molecule has 0 fully saturated rings. The van der Waals surface area contributed by atoms with Crippen molar-refractivity contribution < 1.29 is 54.6 Å². The van der Waals surface area contributed by atoms with Gasteiger partial charge in [0.25, 0.3) is 0 Å². The van der Waals surface area contributed by atoms with Crippen molar-refractivity contribution in [2.45, 2.75) is 187 Å². The first-order valence-corrected chi connectivity index (χ1v) is 27.8. The Balaban J connectivity index is -0.000000948. The van der Waals surface area contributed by atoms with E-state index in [0.29, 0.717) is 32.4 Å². The number of carbonyl (C=O) groups excluding carboxylic acids is 1. The summed E-state index contributed by atoms with van der Waals surface area (Å²) >= 11 is 3.68. The zero-order valence-corrected chi connectivity index (χ0v) is 44.1. The van der Waals surface area contributed by atoms with Gasteiger partial charge in [0.1, 0.15) is 0 Å². The molecule has 69 heavy (non-hydrogen) atoms. The van der Waals surface area contributed by atoms with Gasteiger partial charge in [-0.3, -0.25) is 14.4 Å². The van der Waals surface area contributed by atoms with E-state index in [-0.39, 0.29) is 31.5 Å². The quantitative estimate of drug-likeness (QED) is 0.0172. The monoisotopic (exact) mass is 1010 g/mol. The minimum Gasteiger partial charge on any atom is -0.481 e. The number of hydrogen-bond donors (Lipinski definition) is 7. The third kappa shape index (κ3) is 68.5. The van der Waals surface area contributed by atoms with Crippen LogP contribution < -0.4 is 5.32 Å². The maximum atomic E-state index is 11.4. The van der Waals surface area contributed by atoms with Gasteiger partial charge in [-0.05, 0) is 76.4 Å². The maximum Gasteiger partial charge on any atom is 0.407 e. The van der Waals surface area contributed by atoms with Gasteiger partial charge in [0.05, 0.1) is 24.9 Å². The lowest BCUT2D eigenvalue weighted by atomic mass is 10.1. The molecule has 1 amide bonds. The van der Waals surface area contributed by atoms with Gasteiger partial charge in [-0.25, -0.2) is 4.79 Å². The van der Waals surface area contributed by atoms with Gasteiger partial charge in [0, 0.05) is 43.1 Å². The molecule has 0 aromatic heterocycles. The van der Waals surface area contributed by atoms with Crippen molar-refractivity contribution in [2.24, 2.45) is 0 Å². The van der Waals surface area contributed by atoms with Crippen LogP contribution in [-0.4, -0.2) is 109 Å². The average Bonchev–Trinajstić information content (AvgIpc) is 3.31. The highest BCUT2D eigenvalue weighted by Crippen LogP contribution is 2.09. The van der Waals surface area contributed by atoms with E-state index in [2.05, 4.69) is 56.5 Å². The number of aliphatic hydroxyl groups is 3. The van der Waals surface area contributed by atoms with Gasteiger partial charge in [0.2, 0.25) is 0 Å². The number of aliphatic hydroxyl groups excluding tert-OH is 3. The van der Waals surface area contributed by atoms with Gasteiger partial charge in [0.15, 0.2) is 0 Å². The molecule has 0 aromatic rings. The number of nitrogens with one attached hydrogen (secondary N) is 1. The molecule has 396 valence electrons. The number of amides is 1. The van der Waals surface area contributed by atoms with Crippen molar-refractivity contribution in [3.63, 3.8) is 0 Å². The van der Waals surface area contributed by atoms with E-state index >= 15 is 0 Å². The van der Waals surface area contributed by atoms with Crippen LogP contribution in [0.1, 0.15) is 168 Å². The molecule has 3 unspecified atom stereocenters. The molecule has 0 aliphatic carbocycles. The van der Waals surface area contributed by atoms with Gasteiger partial charge in [-0.2, -0.15) is 23.5 Å². The fourth-order valence-electron chi connectivity index (χ4n) is 5.68. The fraction of sp³-hybridized carbons (Fsp3) is 0.636. The minimum absolute atomic E-state index is 0.151. The molecule has 0 rings (SSSR count). The first kappa shape index (κ1) is 69.4. The van der Waals surface area contributed by atoms with Crippen LogP contribution in [0.25, 0.3) is 0 Å². The van der Waals surface area contributed by atoms with Crippen molar-refractivity contribution in [3.05, 3.63) is 97.2 Å². The average molecular weight is 1010 g/mol. The second kappa shape index (κ2) is 58.5. The van der Waals surface area contributed by atoms with Crippen LogP contribution in [0, 0.1) is 0 Å². The third-order valence-electron chi connectivity index (χ3n) is 9.61. The van der Waals surface area contributed by atoms with Crippen LogP contribution >= 0.6 is 23.5 Å². The molecule has 3 atom stereocenters. The van der Waals surface area contributed by atoms with E-state index in [1.54, 1.807) is 36.1 Å². The van der Waals surface area contributed by atoms with E-state index in [0.717, 1.165) is 106 Å². The van der Waals surface area contributed by atoms with Gasteiger partial charge < -0.3 is 40.7 Å². The van der Waals surface area contributed by atoms with Crippen LogP contribution in [0.3, 0.4) is 0 Å². The Labute approximate surface area is 425 Å². The first-order chi connectivity index (χ1) is 33.4. The summed E-state index contributed by atoms with van der Waals surface area (Å²) in [5, 5.41) is 57.1. The normalized spacial score (nSPS) is 13.2. The summed E-state index contributed by atoms with van der Waals surface area (Å²) < 4.78 is 4.96. The van der Waals surface area contributed by atoms with Crippen molar-refractivity contribution in [1.82, 2.24) is 5.32 Å². The highest BCUT2D eigenvalue weighted by atomic mass is 32.2. The van der Waals surface area contributed by atoms with E-state index in [9.17, 15) is 34.5 Å². The summed E-state index contributed by atoms with van der Waals surface area (Å²) in [4.78, 5) is 42.3. The largest absolute Gasteiger partial charge is 0.481 e. The molecular weight excluding hydrogens is 915 g/mol. The number of unbranched alkanes of at least 4 members (excludes halogenated alkanes) is 10. The lowest BCUT2D eigenvalue weighted by Crippen LogP contribution is -2.24. The van der Waals surface area contributed by atoms with Crippen LogP contribution in [0.15, 0.2) is 97.2 Å². The molecule has 0 saturated carbocycles. The summed E-state index contributed by atoms with van der Waals surface area (Å²) in [6.07, 6.45) is 49.0. The van der Waals surface area contributed by atoms with Crippen LogP contribution in [0.2, 0.25) is 0 Å². The number of carbonyl (C=O) groups is 4. The number of alkyl carbamates (subject to hydrolysis) is 1. The number of carboxylic acids is 3. The topological polar surface area (TPSA) is 211 Å². The maximum absolute atomic E-state index is 11.4.